The zero-order valence-electron chi connectivity index (χ0n) is 13.5. The predicted octanol–water partition coefficient (Wildman–Crippen LogP) is 4.28. The van der Waals surface area contributed by atoms with Crippen LogP contribution in [0.2, 0.25) is 0 Å². The summed E-state index contributed by atoms with van der Waals surface area (Å²) in [6.45, 7) is 3.95. The molecule has 0 atom stereocenters. The second-order valence-electron chi connectivity index (χ2n) is 4.87. The number of benzene rings is 1. The Kier molecular flexibility index (Phi) is 6.26. The van der Waals surface area contributed by atoms with E-state index in [0.717, 1.165) is 11.3 Å². The van der Waals surface area contributed by atoms with E-state index in [1.807, 2.05) is 6.92 Å². The van der Waals surface area contributed by atoms with Crippen LogP contribution in [0.15, 0.2) is 36.4 Å². The summed E-state index contributed by atoms with van der Waals surface area (Å²) in [6.07, 6.45) is 3.37. The minimum atomic E-state index is -0.471. The molecule has 1 aromatic carbocycles. The topological polar surface area (TPSA) is 55.4 Å². The molecule has 2 aromatic rings. The Bertz CT molecular complexity index is 767. The molecule has 0 aliphatic rings. The highest BCUT2D eigenvalue weighted by molar-refractivity contribution is 7.16. The number of ether oxygens (including phenoxy) is 1. The molecule has 1 amide bonds. The quantitative estimate of drug-likeness (QED) is 0.627. The maximum absolute atomic E-state index is 13.5. The number of hydrogen-bond donors (Lipinski definition) is 1. The number of nitrogens with one attached hydrogen (secondary N) is 1. The third-order valence-corrected chi connectivity index (χ3v) is 4.38. The standard InChI is InChI=1S/C18H18FNO3S/c1-3-13-11-14(18(22)23-4-2)17(24-13)20-16(21)10-9-12-7-5-6-8-15(12)19/h5-11H,3-4H2,1-2H3,(H,20,21)/b10-9+. The summed E-state index contributed by atoms with van der Waals surface area (Å²) in [6, 6.07) is 7.88. The van der Waals surface area contributed by atoms with Crippen LogP contribution in [0.4, 0.5) is 9.39 Å². The molecule has 1 aromatic heterocycles. The maximum atomic E-state index is 13.5. The van der Waals surface area contributed by atoms with E-state index in [4.69, 9.17) is 4.74 Å². The number of anilines is 1. The van der Waals surface area contributed by atoms with Gasteiger partial charge in [0.1, 0.15) is 10.8 Å². The maximum Gasteiger partial charge on any atom is 0.341 e. The highest BCUT2D eigenvalue weighted by Gasteiger charge is 2.17. The Balaban J connectivity index is 2.15. The molecular weight excluding hydrogens is 329 g/mol. The van der Waals surface area contributed by atoms with E-state index in [1.54, 1.807) is 31.2 Å². The van der Waals surface area contributed by atoms with Crippen LogP contribution in [0.25, 0.3) is 6.08 Å². The van der Waals surface area contributed by atoms with Crippen LogP contribution in [0, 0.1) is 5.82 Å². The Hall–Kier alpha value is -2.47. The van der Waals surface area contributed by atoms with Crippen LogP contribution in [0.1, 0.15) is 34.6 Å². The number of aryl methyl sites for hydroxylation is 1. The second-order valence-corrected chi connectivity index (χ2v) is 6.01. The van der Waals surface area contributed by atoms with Gasteiger partial charge in [0, 0.05) is 16.5 Å². The van der Waals surface area contributed by atoms with E-state index in [0.29, 0.717) is 16.1 Å². The first-order valence-electron chi connectivity index (χ1n) is 7.58. The number of amides is 1. The van der Waals surface area contributed by atoms with Gasteiger partial charge >= 0.3 is 5.97 Å². The number of carbonyl (C=O) groups is 2. The Labute approximate surface area is 144 Å². The number of rotatable bonds is 6. The molecule has 0 spiro atoms. The Morgan fingerprint density at radius 2 is 2.04 bits per heavy atom. The van der Waals surface area contributed by atoms with E-state index < -0.39 is 17.7 Å². The number of halogens is 1. The number of carbonyl (C=O) groups excluding carboxylic acids is 2. The van der Waals surface area contributed by atoms with Crippen molar-refractivity contribution in [1.29, 1.82) is 0 Å². The van der Waals surface area contributed by atoms with Gasteiger partial charge in [-0.1, -0.05) is 25.1 Å². The summed E-state index contributed by atoms with van der Waals surface area (Å²) in [5, 5.41) is 3.10. The molecule has 0 aliphatic heterocycles. The molecule has 126 valence electrons. The van der Waals surface area contributed by atoms with Crippen molar-refractivity contribution in [3.05, 3.63) is 58.2 Å². The molecule has 1 heterocycles. The monoisotopic (exact) mass is 347 g/mol. The van der Waals surface area contributed by atoms with E-state index in [2.05, 4.69) is 5.32 Å². The minimum Gasteiger partial charge on any atom is -0.462 e. The molecule has 0 bridgehead atoms. The largest absolute Gasteiger partial charge is 0.462 e. The average Bonchev–Trinajstić information content (AvgIpc) is 2.97. The lowest BCUT2D eigenvalue weighted by Crippen LogP contribution is -2.11. The molecule has 4 nitrogen and oxygen atoms in total. The molecule has 6 heteroatoms. The Morgan fingerprint density at radius 3 is 2.71 bits per heavy atom. The Morgan fingerprint density at radius 1 is 1.29 bits per heavy atom. The van der Waals surface area contributed by atoms with Gasteiger partial charge in [-0.05, 0) is 31.6 Å². The first-order chi connectivity index (χ1) is 11.5. The lowest BCUT2D eigenvalue weighted by Gasteiger charge is -2.04. The summed E-state index contributed by atoms with van der Waals surface area (Å²) in [7, 11) is 0. The molecule has 2 rings (SSSR count). The van der Waals surface area contributed by atoms with Crippen molar-refractivity contribution >= 4 is 34.3 Å². The van der Waals surface area contributed by atoms with Crippen molar-refractivity contribution in [2.24, 2.45) is 0 Å². The average molecular weight is 347 g/mol. The lowest BCUT2D eigenvalue weighted by atomic mass is 10.2. The summed E-state index contributed by atoms with van der Waals surface area (Å²) < 4.78 is 18.5. The second kappa shape index (κ2) is 8.40. The van der Waals surface area contributed by atoms with E-state index >= 15 is 0 Å². The van der Waals surface area contributed by atoms with E-state index in [1.165, 1.54) is 29.6 Å². The van der Waals surface area contributed by atoms with Gasteiger partial charge in [0.05, 0.1) is 12.2 Å². The van der Waals surface area contributed by atoms with Crippen LogP contribution in [0.5, 0.6) is 0 Å². The van der Waals surface area contributed by atoms with Crippen LogP contribution in [-0.2, 0) is 16.0 Å². The number of thiophene rings is 1. The summed E-state index contributed by atoms with van der Waals surface area (Å²) in [5.74, 6) is -1.31. The SMILES string of the molecule is CCOC(=O)c1cc(CC)sc1NC(=O)/C=C/c1ccccc1F. The predicted molar refractivity (Wildman–Crippen MR) is 93.7 cm³/mol. The summed E-state index contributed by atoms with van der Waals surface area (Å²) >= 11 is 1.33. The van der Waals surface area contributed by atoms with Gasteiger partial charge < -0.3 is 10.1 Å². The third kappa shape index (κ3) is 4.52. The third-order valence-electron chi connectivity index (χ3n) is 3.18. The fourth-order valence-electron chi connectivity index (χ4n) is 2.00. The molecule has 0 saturated heterocycles. The lowest BCUT2D eigenvalue weighted by molar-refractivity contribution is -0.111. The van der Waals surface area contributed by atoms with Crippen LogP contribution in [-0.4, -0.2) is 18.5 Å². The van der Waals surface area contributed by atoms with Gasteiger partial charge in [-0.25, -0.2) is 9.18 Å². The van der Waals surface area contributed by atoms with Gasteiger partial charge in [0.25, 0.3) is 0 Å². The van der Waals surface area contributed by atoms with Crippen LogP contribution < -0.4 is 5.32 Å². The fourth-order valence-corrected chi connectivity index (χ4v) is 2.99. The van der Waals surface area contributed by atoms with Crippen molar-refractivity contribution in [1.82, 2.24) is 0 Å². The summed E-state index contributed by atoms with van der Waals surface area (Å²) in [5.41, 5.74) is 0.657. The van der Waals surface area contributed by atoms with Gasteiger partial charge in [0.2, 0.25) is 5.91 Å². The van der Waals surface area contributed by atoms with Crippen LogP contribution in [0.3, 0.4) is 0 Å². The normalized spacial score (nSPS) is 10.8. The molecular formula is C18H18FNO3S. The molecule has 0 radical (unpaired) electrons. The van der Waals surface area contributed by atoms with Crippen molar-refractivity contribution in [2.45, 2.75) is 20.3 Å². The molecule has 0 fully saturated rings. The zero-order chi connectivity index (χ0) is 17.5. The number of hydrogen-bond acceptors (Lipinski definition) is 4. The van der Waals surface area contributed by atoms with E-state index in [-0.39, 0.29) is 6.61 Å². The van der Waals surface area contributed by atoms with Crippen molar-refractivity contribution in [2.75, 3.05) is 11.9 Å². The molecule has 0 unspecified atom stereocenters. The van der Waals surface area contributed by atoms with Gasteiger partial charge in [0.15, 0.2) is 0 Å². The fraction of sp³-hybridized carbons (Fsp3) is 0.222. The highest BCUT2D eigenvalue weighted by atomic mass is 32.1. The van der Waals surface area contributed by atoms with Crippen molar-refractivity contribution in [3.8, 4) is 0 Å². The number of esters is 1. The van der Waals surface area contributed by atoms with E-state index in [9.17, 15) is 14.0 Å². The van der Waals surface area contributed by atoms with Crippen molar-refractivity contribution in [3.63, 3.8) is 0 Å². The zero-order valence-corrected chi connectivity index (χ0v) is 14.3. The summed E-state index contributed by atoms with van der Waals surface area (Å²) in [4.78, 5) is 25.0. The van der Waals surface area contributed by atoms with Gasteiger partial charge in [-0.3, -0.25) is 4.79 Å². The molecule has 0 saturated carbocycles. The molecule has 1 N–H and O–H groups in total. The minimum absolute atomic E-state index is 0.261. The van der Waals surface area contributed by atoms with Crippen molar-refractivity contribution < 1.29 is 18.7 Å². The van der Waals surface area contributed by atoms with Crippen LogP contribution >= 0.6 is 11.3 Å². The molecule has 24 heavy (non-hydrogen) atoms. The smallest absolute Gasteiger partial charge is 0.341 e. The van der Waals surface area contributed by atoms with Gasteiger partial charge in [-0.2, -0.15) is 0 Å². The first kappa shape index (κ1) is 17.9. The first-order valence-corrected chi connectivity index (χ1v) is 8.40. The molecule has 0 aliphatic carbocycles. The van der Waals surface area contributed by atoms with Gasteiger partial charge in [-0.15, -0.1) is 11.3 Å². The highest BCUT2D eigenvalue weighted by Crippen LogP contribution is 2.29.